The number of piperidine rings is 2. The van der Waals surface area contributed by atoms with E-state index >= 15 is 0 Å². The van der Waals surface area contributed by atoms with Gasteiger partial charge in [-0.25, -0.2) is 0 Å². The fraction of sp³-hybridized carbons (Fsp3) is 0.542. The SMILES string of the molecule is NC(=O)c1cc(C2CC2)on1.O=C(c1ccc(C2CCNCC2)cc1)N1CCCCC1. The zero-order chi connectivity index (χ0) is 21.6. The van der Waals surface area contributed by atoms with E-state index in [4.69, 9.17) is 10.3 Å². The Labute approximate surface area is 183 Å². The third kappa shape index (κ3) is 5.73. The van der Waals surface area contributed by atoms with E-state index in [1.54, 1.807) is 6.07 Å². The maximum Gasteiger partial charge on any atom is 0.270 e. The third-order valence-corrected chi connectivity index (χ3v) is 6.37. The Morgan fingerprint density at radius 1 is 0.968 bits per heavy atom. The van der Waals surface area contributed by atoms with Crippen molar-refractivity contribution in [3.63, 3.8) is 0 Å². The topological polar surface area (TPSA) is 101 Å². The average molecular weight is 425 g/mol. The summed E-state index contributed by atoms with van der Waals surface area (Å²) < 4.78 is 4.90. The summed E-state index contributed by atoms with van der Waals surface area (Å²) in [5.74, 6) is 1.62. The van der Waals surface area contributed by atoms with E-state index in [-0.39, 0.29) is 11.6 Å². The van der Waals surface area contributed by atoms with Crippen LogP contribution in [-0.4, -0.2) is 48.0 Å². The molecule has 2 saturated heterocycles. The molecule has 0 radical (unpaired) electrons. The lowest BCUT2D eigenvalue weighted by atomic mass is 9.90. The van der Waals surface area contributed by atoms with Gasteiger partial charge in [-0.05, 0) is 81.6 Å². The Morgan fingerprint density at radius 3 is 2.23 bits per heavy atom. The Hall–Kier alpha value is -2.67. The average Bonchev–Trinajstić information content (AvgIpc) is 3.56. The number of nitrogens with zero attached hydrogens (tertiary/aromatic N) is 2. The van der Waals surface area contributed by atoms with Crippen molar-refractivity contribution in [3.05, 3.63) is 52.9 Å². The van der Waals surface area contributed by atoms with Gasteiger partial charge in [0.2, 0.25) is 0 Å². The Balaban J connectivity index is 0.000000177. The molecule has 0 bridgehead atoms. The monoisotopic (exact) mass is 424 g/mol. The summed E-state index contributed by atoms with van der Waals surface area (Å²) in [6.07, 6.45) is 8.25. The van der Waals surface area contributed by atoms with E-state index in [1.807, 2.05) is 17.0 Å². The Kier molecular flexibility index (Phi) is 7.02. The first-order chi connectivity index (χ1) is 15.1. The van der Waals surface area contributed by atoms with Gasteiger partial charge < -0.3 is 20.5 Å². The van der Waals surface area contributed by atoms with Crippen LogP contribution in [0.15, 0.2) is 34.9 Å². The summed E-state index contributed by atoms with van der Waals surface area (Å²) in [6.45, 7) is 4.07. The van der Waals surface area contributed by atoms with Crippen LogP contribution in [-0.2, 0) is 0 Å². The molecular formula is C24H32N4O3. The molecule has 166 valence electrons. The fourth-order valence-corrected chi connectivity index (χ4v) is 4.30. The van der Waals surface area contributed by atoms with Crippen molar-refractivity contribution in [3.8, 4) is 0 Å². The number of primary amides is 1. The summed E-state index contributed by atoms with van der Waals surface area (Å²) >= 11 is 0. The van der Waals surface area contributed by atoms with Gasteiger partial charge in [-0.1, -0.05) is 17.3 Å². The summed E-state index contributed by atoms with van der Waals surface area (Å²) in [5.41, 5.74) is 7.46. The van der Waals surface area contributed by atoms with Gasteiger partial charge in [0.05, 0.1) is 0 Å². The number of amides is 2. The molecule has 7 heteroatoms. The highest BCUT2D eigenvalue weighted by atomic mass is 16.5. The molecule has 5 rings (SSSR count). The van der Waals surface area contributed by atoms with Crippen molar-refractivity contribution in [2.24, 2.45) is 5.73 Å². The van der Waals surface area contributed by atoms with Crippen molar-refractivity contribution in [2.45, 2.75) is 56.8 Å². The number of benzene rings is 1. The molecule has 3 fully saturated rings. The second-order valence-corrected chi connectivity index (χ2v) is 8.75. The number of nitrogens with one attached hydrogen (secondary N) is 1. The van der Waals surface area contributed by atoms with Crippen molar-refractivity contribution in [1.82, 2.24) is 15.4 Å². The second kappa shape index (κ2) is 10.1. The number of aromatic nitrogens is 1. The standard InChI is InChI=1S/C17H24N2O.C7H8N2O2/c20-17(19-12-2-1-3-13-19)16-6-4-14(5-7-16)15-8-10-18-11-9-15;8-7(10)5-3-6(11-9-5)4-1-2-4/h4-7,15,18H,1-3,8-13H2;3-4H,1-2H2,(H2,8,10). The highest BCUT2D eigenvalue weighted by Gasteiger charge is 2.28. The molecule has 31 heavy (non-hydrogen) atoms. The quantitative estimate of drug-likeness (QED) is 0.783. The van der Waals surface area contributed by atoms with Gasteiger partial charge in [-0.2, -0.15) is 0 Å². The molecule has 1 aliphatic carbocycles. The van der Waals surface area contributed by atoms with Crippen molar-refractivity contribution in [2.75, 3.05) is 26.2 Å². The molecule has 1 saturated carbocycles. The minimum absolute atomic E-state index is 0.210. The molecule has 1 aromatic carbocycles. The van der Waals surface area contributed by atoms with E-state index in [1.165, 1.54) is 24.8 Å². The molecule has 3 heterocycles. The first-order valence-corrected chi connectivity index (χ1v) is 11.5. The zero-order valence-electron chi connectivity index (χ0n) is 18.0. The van der Waals surface area contributed by atoms with Crippen LogP contribution >= 0.6 is 0 Å². The summed E-state index contributed by atoms with van der Waals surface area (Å²) in [4.78, 5) is 25.0. The van der Waals surface area contributed by atoms with Crippen LogP contribution in [0.25, 0.3) is 0 Å². The number of carbonyl (C=O) groups is 2. The van der Waals surface area contributed by atoms with Gasteiger partial charge in [0.1, 0.15) is 5.76 Å². The number of likely N-dealkylation sites (tertiary alicyclic amines) is 1. The molecule has 0 atom stereocenters. The van der Waals surface area contributed by atoms with E-state index in [9.17, 15) is 9.59 Å². The van der Waals surface area contributed by atoms with E-state index in [0.29, 0.717) is 11.8 Å². The molecule has 2 aromatic rings. The molecule has 1 aromatic heterocycles. The minimum Gasteiger partial charge on any atom is -0.364 e. The molecule has 3 N–H and O–H groups in total. The molecule has 2 amide bonds. The molecule has 0 spiro atoms. The first-order valence-electron chi connectivity index (χ1n) is 11.5. The smallest absolute Gasteiger partial charge is 0.270 e. The number of carbonyl (C=O) groups excluding carboxylic acids is 2. The van der Waals surface area contributed by atoms with Crippen molar-refractivity contribution < 1.29 is 14.1 Å². The first kappa shape index (κ1) is 21.6. The highest BCUT2D eigenvalue weighted by Crippen LogP contribution is 2.40. The molecule has 2 aliphatic heterocycles. The predicted octanol–water partition coefficient (Wildman–Crippen LogP) is 3.43. The zero-order valence-corrected chi connectivity index (χ0v) is 18.0. The number of hydrogen-bond acceptors (Lipinski definition) is 5. The summed E-state index contributed by atoms with van der Waals surface area (Å²) in [6, 6.07) is 9.99. The largest absolute Gasteiger partial charge is 0.364 e. The molecule has 3 aliphatic rings. The fourth-order valence-electron chi connectivity index (χ4n) is 4.30. The van der Waals surface area contributed by atoms with E-state index in [0.717, 1.165) is 63.2 Å². The normalized spacial score (nSPS) is 19.4. The highest BCUT2D eigenvalue weighted by molar-refractivity contribution is 5.94. The van der Waals surface area contributed by atoms with E-state index < -0.39 is 5.91 Å². The number of rotatable bonds is 4. The van der Waals surface area contributed by atoms with Crippen LogP contribution in [0, 0.1) is 0 Å². The van der Waals surface area contributed by atoms with Crippen LogP contribution in [0.3, 0.4) is 0 Å². The minimum atomic E-state index is -0.527. The molecular weight excluding hydrogens is 392 g/mol. The van der Waals surface area contributed by atoms with Crippen LogP contribution < -0.4 is 11.1 Å². The van der Waals surface area contributed by atoms with Crippen LogP contribution in [0.2, 0.25) is 0 Å². The number of hydrogen-bond donors (Lipinski definition) is 2. The lowest BCUT2D eigenvalue weighted by Crippen LogP contribution is -2.35. The predicted molar refractivity (Wildman–Crippen MR) is 118 cm³/mol. The second-order valence-electron chi connectivity index (χ2n) is 8.75. The molecule has 7 nitrogen and oxygen atoms in total. The summed E-state index contributed by atoms with van der Waals surface area (Å²) in [7, 11) is 0. The van der Waals surface area contributed by atoms with Gasteiger partial charge in [-0.3, -0.25) is 9.59 Å². The summed E-state index contributed by atoms with van der Waals surface area (Å²) in [5, 5.41) is 6.92. The van der Waals surface area contributed by atoms with Crippen LogP contribution in [0.5, 0.6) is 0 Å². The van der Waals surface area contributed by atoms with Gasteiger partial charge in [0.15, 0.2) is 5.69 Å². The van der Waals surface area contributed by atoms with Gasteiger partial charge in [0, 0.05) is 30.6 Å². The maximum absolute atomic E-state index is 12.4. The third-order valence-electron chi connectivity index (χ3n) is 6.37. The van der Waals surface area contributed by atoms with Crippen LogP contribution in [0.1, 0.15) is 89.0 Å². The van der Waals surface area contributed by atoms with Crippen LogP contribution in [0.4, 0.5) is 0 Å². The number of nitrogens with two attached hydrogens (primary N) is 1. The lowest BCUT2D eigenvalue weighted by Gasteiger charge is -2.27. The Morgan fingerprint density at radius 2 is 1.65 bits per heavy atom. The maximum atomic E-state index is 12.4. The van der Waals surface area contributed by atoms with E-state index in [2.05, 4.69) is 22.6 Å². The van der Waals surface area contributed by atoms with Crippen molar-refractivity contribution in [1.29, 1.82) is 0 Å². The van der Waals surface area contributed by atoms with Gasteiger partial charge in [0.25, 0.3) is 11.8 Å². The van der Waals surface area contributed by atoms with Crippen molar-refractivity contribution >= 4 is 11.8 Å². The van der Waals surface area contributed by atoms with Gasteiger partial charge >= 0.3 is 0 Å². The molecule has 0 unspecified atom stereocenters. The lowest BCUT2D eigenvalue weighted by molar-refractivity contribution is 0.0724. The Bertz CT molecular complexity index is 876. The van der Waals surface area contributed by atoms with Gasteiger partial charge in [-0.15, -0.1) is 0 Å².